The maximum Gasteiger partial charge on any atom is 0.227 e. The van der Waals surface area contributed by atoms with Gasteiger partial charge in [0.1, 0.15) is 12.0 Å². The molecule has 0 radical (unpaired) electrons. The van der Waals surface area contributed by atoms with Crippen molar-refractivity contribution >= 4 is 32.2 Å². The molecule has 9 nitrogen and oxygen atoms in total. The number of rotatable bonds is 7. The molecule has 1 aliphatic heterocycles. The highest BCUT2D eigenvalue weighted by molar-refractivity contribution is 7.90. The number of nitrogens with zero attached hydrogens (tertiary/aromatic N) is 4. The average Bonchev–Trinajstić information content (AvgIpc) is 3.26. The first-order valence-electron chi connectivity index (χ1n) is 11.5. The predicted molar refractivity (Wildman–Crippen MR) is 135 cm³/mol. The number of benzene rings is 2. The number of ether oxygens (including phenoxy) is 2. The Bertz CT molecular complexity index is 1510. The summed E-state index contributed by atoms with van der Waals surface area (Å²) in [5, 5.41) is 18.5. The van der Waals surface area contributed by atoms with E-state index >= 15 is 0 Å². The molecule has 2 aromatic carbocycles. The second kappa shape index (κ2) is 9.97. The summed E-state index contributed by atoms with van der Waals surface area (Å²) in [7, 11) is -3.31. The van der Waals surface area contributed by atoms with Gasteiger partial charge in [-0.1, -0.05) is 30.3 Å². The van der Waals surface area contributed by atoms with E-state index in [2.05, 4.69) is 16.4 Å². The van der Waals surface area contributed by atoms with Crippen LogP contribution in [0.4, 0.5) is 11.5 Å². The Morgan fingerprint density at radius 1 is 1.17 bits per heavy atom. The van der Waals surface area contributed by atoms with E-state index in [0.29, 0.717) is 49.0 Å². The number of nitriles is 1. The lowest BCUT2D eigenvalue weighted by Gasteiger charge is -2.27. The lowest BCUT2D eigenvalue weighted by Crippen LogP contribution is -2.30. The normalized spacial score (nSPS) is 18.0. The van der Waals surface area contributed by atoms with Gasteiger partial charge in [0, 0.05) is 24.7 Å². The zero-order valence-electron chi connectivity index (χ0n) is 19.7. The molecular weight excluding hydrogens is 478 g/mol. The molecule has 0 amide bonds. The van der Waals surface area contributed by atoms with Crippen molar-refractivity contribution in [3.63, 3.8) is 0 Å². The van der Waals surface area contributed by atoms with Gasteiger partial charge in [0.15, 0.2) is 15.7 Å². The van der Waals surface area contributed by atoms with Gasteiger partial charge >= 0.3 is 0 Å². The fourth-order valence-electron chi connectivity index (χ4n) is 4.27. The summed E-state index contributed by atoms with van der Waals surface area (Å²) in [5.41, 5.74) is 2.42. The number of hydrogen-bond acceptors (Lipinski definition) is 8. The SMILES string of the molecule is CS(=O)(=O)c1ccc(Nc2nn(C3COCC[C@H]3C#N)c3ccnc(OCc4ccccc4)c23)cc1. The quantitative estimate of drug-likeness (QED) is 0.397. The first-order valence-corrected chi connectivity index (χ1v) is 13.4. The molecule has 0 spiro atoms. The van der Waals surface area contributed by atoms with Crippen LogP contribution in [-0.4, -0.2) is 42.7 Å². The number of anilines is 2. The van der Waals surface area contributed by atoms with Crippen LogP contribution in [0.2, 0.25) is 0 Å². The van der Waals surface area contributed by atoms with Crippen molar-refractivity contribution < 1.29 is 17.9 Å². The molecule has 4 aromatic rings. The van der Waals surface area contributed by atoms with Gasteiger partial charge in [0.25, 0.3) is 0 Å². The van der Waals surface area contributed by atoms with E-state index in [0.717, 1.165) is 11.1 Å². The van der Waals surface area contributed by atoms with E-state index in [1.54, 1.807) is 30.5 Å². The molecule has 1 unspecified atom stereocenters. The molecule has 184 valence electrons. The molecule has 0 bridgehead atoms. The van der Waals surface area contributed by atoms with Gasteiger partial charge in [-0.25, -0.2) is 13.4 Å². The van der Waals surface area contributed by atoms with E-state index in [1.165, 1.54) is 6.26 Å². The van der Waals surface area contributed by atoms with Crippen LogP contribution in [0.3, 0.4) is 0 Å². The lowest BCUT2D eigenvalue weighted by molar-refractivity contribution is 0.0358. The Balaban J connectivity index is 1.56. The highest BCUT2D eigenvalue weighted by Gasteiger charge is 2.31. The minimum absolute atomic E-state index is 0.230. The predicted octanol–water partition coefficient (Wildman–Crippen LogP) is 4.26. The molecule has 36 heavy (non-hydrogen) atoms. The third kappa shape index (κ3) is 4.89. The topological polar surface area (TPSA) is 119 Å². The largest absolute Gasteiger partial charge is 0.472 e. The van der Waals surface area contributed by atoms with Crippen LogP contribution in [0.5, 0.6) is 5.88 Å². The van der Waals surface area contributed by atoms with Crippen molar-refractivity contribution in [2.24, 2.45) is 5.92 Å². The van der Waals surface area contributed by atoms with Crippen LogP contribution in [0.25, 0.3) is 10.9 Å². The highest BCUT2D eigenvalue weighted by Crippen LogP contribution is 2.37. The Labute approximate surface area is 209 Å². The van der Waals surface area contributed by atoms with Crippen molar-refractivity contribution in [2.75, 3.05) is 24.8 Å². The van der Waals surface area contributed by atoms with Crippen LogP contribution in [0, 0.1) is 17.2 Å². The van der Waals surface area contributed by atoms with Crippen LogP contribution in [0.15, 0.2) is 71.8 Å². The van der Waals surface area contributed by atoms with E-state index in [9.17, 15) is 13.7 Å². The van der Waals surface area contributed by atoms with E-state index < -0.39 is 9.84 Å². The zero-order valence-corrected chi connectivity index (χ0v) is 20.5. The van der Waals surface area contributed by atoms with Crippen molar-refractivity contribution in [1.29, 1.82) is 5.26 Å². The van der Waals surface area contributed by atoms with Gasteiger partial charge in [-0.15, -0.1) is 0 Å². The van der Waals surface area contributed by atoms with Crippen molar-refractivity contribution in [2.45, 2.75) is 24.0 Å². The van der Waals surface area contributed by atoms with Gasteiger partial charge in [-0.2, -0.15) is 10.4 Å². The summed E-state index contributed by atoms with van der Waals surface area (Å²) < 4.78 is 37.3. The Kier molecular flexibility index (Phi) is 6.59. The molecule has 2 aromatic heterocycles. The third-order valence-electron chi connectivity index (χ3n) is 6.16. The lowest BCUT2D eigenvalue weighted by atomic mass is 9.96. The second-order valence-corrected chi connectivity index (χ2v) is 10.7. The van der Waals surface area contributed by atoms with Gasteiger partial charge in [-0.3, -0.25) is 4.68 Å². The first kappa shape index (κ1) is 23.8. The maximum atomic E-state index is 11.8. The van der Waals surface area contributed by atoms with E-state index in [-0.39, 0.29) is 16.9 Å². The molecule has 1 aliphatic rings. The molecule has 5 rings (SSSR count). The summed E-state index contributed by atoms with van der Waals surface area (Å²) in [6.45, 7) is 1.24. The first-order chi connectivity index (χ1) is 17.4. The number of pyridine rings is 1. The minimum atomic E-state index is -3.31. The molecule has 1 fully saturated rings. The fourth-order valence-corrected chi connectivity index (χ4v) is 4.90. The summed E-state index contributed by atoms with van der Waals surface area (Å²) in [4.78, 5) is 4.71. The van der Waals surface area contributed by atoms with E-state index in [4.69, 9.17) is 14.6 Å². The fraction of sp³-hybridized carbons (Fsp3) is 0.269. The van der Waals surface area contributed by atoms with Gasteiger partial charge < -0.3 is 14.8 Å². The monoisotopic (exact) mass is 503 g/mol. The Hall–Kier alpha value is -3.94. The van der Waals surface area contributed by atoms with Crippen LogP contribution in [0.1, 0.15) is 18.0 Å². The molecular formula is C26H25N5O4S. The molecule has 1 saturated heterocycles. The van der Waals surface area contributed by atoms with Crippen molar-refractivity contribution in [1.82, 2.24) is 14.8 Å². The number of sulfone groups is 1. The zero-order chi connectivity index (χ0) is 25.1. The maximum absolute atomic E-state index is 11.8. The van der Waals surface area contributed by atoms with Crippen LogP contribution < -0.4 is 10.1 Å². The molecule has 0 saturated carbocycles. The highest BCUT2D eigenvalue weighted by atomic mass is 32.2. The van der Waals surface area contributed by atoms with E-state index in [1.807, 2.05) is 41.1 Å². The number of aromatic nitrogens is 3. The summed E-state index contributed by atoms with van der Waals surface area (Å²) in [6, 6.07) is 20.2. The summed E-state index contributed by atoms with van der Waals surface area (Å²) in [5.74, 6) is 0.657. The Morgan fingerprint density at radius 3 is 2.67 bits per heavy atom. The molecule has 1 N–H and O–H groups in total. The molecule has 0 aliphatic carbocycles. The summed E-state index contributed by atoms with van der Waals surface area (Å²) in [6.07, 6.45) is 3.46. The van der Waals surface area contributed by atoms with Gasteiger partial charge in [0.2, 0.25) is 5.88 Å². The molecule has 2 atom stereocenters. The van der Waals surface area contributed by atoms with Gasteiger partial charge in [-0.05, 0) is 42.3 Å². The standard InChI is InChI=1S/C26H25N5O4S/c1-36(32,33)21-9-7-20(8-10-21)29-25-24-22(31(30-25)23-17-34-14-12-19(23)15-27)11-13-28-26(24)35-16-18-5-3-2-4-6-18/h2-11,13,19,23H,12,14,16-17H2,1H3,(H,29,30)/t19-,23?/m0/s1. The second-order valence-electron chi connectivity index (χ2n) is 8.67. The molecule has 10 heteroatoms. The molecule has 3 heterocycles. The van der Waals surface area contributed by atoms with Crippen LogP contribution in [-0.2, 0) is 21.2 Å². The number of nitrogens with one attached hydrogen (secondary N) is 1. The van der Waals surface area contributed by atoms with Crippen LogP contribution >= 0.6 is 0 Å². The summed E-state index contributed by atoms with van der Waals surface area (Å²) >= 11 is 0. The number of hydrogen-bond donors (Lipinski definition) is 1. The number of fused-ring (bicyclic) bond motifs is 1. The van der Waals surface area contributed by atoms with Crippen molar-refractivity contribution in [3.05, 3.63) is 72.4 Å². The van der Waals surface area contributed by atoms with Crippen molar-refractivity contribution in [3.8, 4) is 11.9 Å². The van der Waals surface area contributed by atoms with Gasteiger partial charge in [0.05, 0.1) is 35.0 Å². The smallest absolute Gasteiger partial charge is 0.227 e. The third-order valence-corrected chi connectivity index (χ3v) is 7.28. The Morgan fingerprint density at radius 2 is 1.94 bits per heavy atom. The average molecular weight is 504 g/mol. The minimum Gasteiger partial charge on any atom is -0.472 e.